The SMILES string of the molecule is O=C1C(=O)N(CCCN2CCOCC2)C(c2cccs2)C1=C(O)c1cc(Cl)ccc1O. The normalized spacial score (nSPS) is 21.7. The average Bonchev–Trinajstić information content (AvgIpc) is 3.38. The fraction of sp³-hybridized carbons (Fsp3) is 0.364. The summed E-state index contributed by atoms with van der Waals surface area (Å²) in [6.07, 6.45) is 0.692. The number of carbonyl (C=O) groups excluding carboxylic acids is 2. The second-order valence-electron chi connectivity index (χ2n) is 7.48. The molecular weight excluding hydrogens is 440 g/mol. The Labute approximate surface area is 189 Å². The largest absolute Gasteiger partial charge is 0.507 e. The molecule has 0 aliphatic carbocycles. The van der Waals surface area contributed by atoms with E-state index in [1.165, 1.54) is 34.4 Å². The molecule has 0 saturated carbocycles. The fourth-order valence-electron chi connectivity index (χ4n) is 3.99. The molecular formula is C22H23ClN2O5S. The van der Waals surface area contributed by atoms with Gasteiger partial charge in [-0.25, -0.2) is 0 Å². The second kappa shape index (κ2) is 9.40. The number of Topliss-reactive ketones (excluding diaryl/α,β-unsaturated/α-hetero) is 1. The molecule has 1 amide bonds. The van der Waals surface area contributed by atoms with E-state index in [4.69, 9.17) is 16.3 Å². The summed E-state index contributed by atoms with van der Waals surface area (Å²) in [6.45, 7) is 4.26. The third kappa shape index (κ3) is 4.48. The number of likely N-dealkylation sites (tertiary alicyclic amines) is 1. The van der Waals surface area contributed by atoms with Crippen molar-refractivity contribution in [1.29, 1.82) is 0 Å². The molecule has 9 heteroatoms. The monoisotopic (exact) mass is 462 g/mol. The predicted molar refractivity (Wildman–Crippen MR) is 118 cm³/mol. The van der Waals surface area contributed by atoms with Gasteiger partial charge in [0.25, 0.3) is 11.7 Å². The van der Waals surface area contributed by atoms with Crippen molar-refractivity contribution in [2.75, 3.05) is 39.4 Å². The third-order valence-electron chi connectivity index (χ3n) is 5.54. The molecule has 2 aliphatic heterocycles. The molecule has 2 N–H and O–H groups in total. The van der Waals surface area contributed by atoms with Crippen molar-refractivity contribution in [3.05, 3.63) is 56.7 Å². The lowest BCUT2D eigenvalue weighted by Gasteiger charge is -2.28. The van der Waals surface area contributed by atoms with Crippen LogP contribution in [0.4, 0.5) is 0 Å². The van der Waals surface area contributed by atoms with Crippen LogP contribution in [0.1, 0.15) is 22.9 Å². The van der Waals surface area contributed by atoms with Crippen LogP contribution in [0.15, 0.2) is 41.3 Å². The van der Waals surface area contributed by atoms with Crippen molar-refractivity contribution in [3.8, 4) is 5.75 Å². The highest BCUT2D eigenvalue weighted by atomic mass is 35.5. The maximum Gasteiger partial charge on any atom is 0.295 e. The maximum atomic E-state index is 13.0. The minimum absolute atomic E-state index is 0.0281. The van der Waals surface area contributed by atoms with Crippen LogP contribution in [0.3, 0.4) is 0 Å². The molecule has 2 aromatic rings. The van der Waals surface area contributed by atoms with Crippen molar-refractivity contribution in [2.24, 2.45) is 0 Å². The molecule has 1 aromatic heterocycles. The highest BCUT2D eigenvalue weighted by molar-refractivity contribution is 7.10. The summed E-state index contributed by atoms with van der Waals surface area (Å²) >= 11 is 7.43. The smallest absolute Gasteiger partial charge is 0.295 e. The number of rotatable bonds is 6. The Bertz CT molecular complexity index is 1000. The average molecular weight is 463 g/mol. The van der Waals surface area contributed by atoms with Crippen LogP contribution >= 0.6 is 22.9 Å². The number of aliphatic hydroxyl groups is 1. The van der Waals surface area contributed by atoms with Crippen LogP contribution in [-0.4, -0.2) is 71.1 Å². The Morgan fingerprint density at radius 2 is 1.97 bits per heavy atom. The van der Waals surface area contributed by atoms with E-state index in [1.54, 1.807) is 0 Å². The van der Waals surface area contributed by atoms with Gasteiger partial charge in [-0.15, -0.1) is 11.3 Å². The number of aliphatic hydroxyl groups excluding tert-OH is 1. The molecule has 3 heterocycles. The molecule has 0 spiro atoms. The molecule has 0 bridgehead atoms. The number of nitrogens with zero attached hydrogens (tertiary/aromatic N) is 2. The van der Waals surface area contributed by atoms with E-state index < -0.39 is 23.5 Å². The highest BCUT2D eigenvalue weighted by Crippen LogP contribution is 2.42. The number of aromatic hydroxyl groups is 1. The van der Waals surface area contributed by atoms with Crippen LogP contribution < -0.4 is 0 Å². The zero-order chi connectivity index (χ0) is 22.0. The lowest BCUT2D eigenvalue weighted by Crippen LogP contribution is -2.38. The summed E-state index contributed by atoms with van der Waals surface area (Å²) in [4.78, 5) is 30.4. The number of morpholine rings is 1. The zero-order valence-electron chi connectivity index (χ0n) is 16.8. The number of amides is 1. The summed E-state index contributed by atoms with van der Waals surface area (Å²) in [7, 11) is 0. The van der Waals surface area contributed by atoms with Crippen LogP contribution in [0.2, 0.25) is 5.02 Å². The van der Waals surface area contributed by atoms with E-state index in [0.29, 0.717) is 31.2 Å². The first-order chi connectivity index (χ1) is 15.0. The van der Waals surface area contributed by atoms with Gasteiger partial charge in [0.1, 0.15) is 11.5 Å². The van der Waals surface area contributed by atoms with E-state index in [-0.39, 0.29) is 16.9 Å². The molecule has 7 nitrogen and oxygen atoms in total. The number of ketones is 1. The van der Waals surface area contributed by atoms with Crippen molar-refractivity contribution >= 4 is 40.4 Å². The Morgan fingerprint density at radius 1 is 1.19 bits per heavy atom. The van der Waals surface area contributed by atoms with Crippen LogP contribution in [0, 0.1) is 0 Å². The first kappa shape index (κ1) is 21.8. The summed E-state index contributed by atoms with van der Waals surface area (Å²) in [5.74, 6) is -2.05. The lowest BCUT2D eigenvalue weighted by atomic mass is 9.99. The van der Waals surface area contributed by atoms with Gasteiger partial charge in [0.15, 0.2) is 0 Å². The molecule has 4 rings (SSSR count). The first-order valence-electron chi connectivity index (χ1n) is 10.1. The van der Waals surface area contributed by atoms with Gasteiger partial charge < -0.3 is 19.8 Å². The first-order valence-corrected chi connectivity index (χ1v) is 11.3. The molecule has 1 aromatic carbocycles. The number of thiophene rings is 1. The van der Waals surface area contributed by atoms with Gasteiger partial charge in [0.2, 0.25) is 0 Å². The molecule has 2 fully saturated rings. The number of benzene rings is 1. The molecule has 1 unspecified atom stereocenters. The van der Waals surface area contributed by atoms with Crippen LogP contribution in [0.5, 0.6) is 5.75 Å². The van der Waals surface area contributed by atoms with Gasteiger partial charge >= 0.3 is 0 Å². The van der Waals surface area contributed by atoms with Gasteiger partial charge in [-0.2, -0.15) is 0 Å². The van der Waals surface area contributed by atoms with Crippen LogP contribution in [-0.2, 0) is 14.3 Å². The third-order valence-corrected chi connectivity index (χ3v) is 6.70. The Kier molecular flexibility index (Phi) is 6.62. The minimum atomic E-state index is -0.762. The number of hydrogen-bond donors (Lipinski definition) is 2. The van der Waals surface area contributed by atoms with Crippen LogP contribution in [0.25, 0.3) is 5.76 Å². The summed E-state index contributed by atoms with van der Waals surface area (Å²) in [5.41, 5.74) is -0.00300. The van der Waals surface area contributed by atoms with Gasteiger partial charge in [-0.05, 0) is 36.1 Å². The van der Waals surface area contributed by atoms with E-state index in [1.807, 2.05) is 17.5 Å². The number of carbonyl (C=O) groups is 2. The Balaban J connectivity index is 1.65. The second-order valence-corrected chi connectivity index (χ2v) is 8.89. The van der Waals surface area contributed by atoms with Crippen molar-refractivity contribution < 1.29 is 24.5 Å². The highest BCUT2D eigenvalue weighted by Gasteiger charge is 2.46. The minimum Gasteiger partial charge on any atom is -0.507 e. The molecule has 31 heavy (non-hydrogen) atoms. The Hall–Kier alpha value is -2.39. The lowest BCUT2D eigenvalue weighted by molar-refractivity contribution is -0.140. The number of phenolic OH excluding ortho intramolecular Hbond substituents is 1. The Morgan fingerprint density at radius 3 is 2.68 bits per heavy atom. The topological polar surface area (TPSA) is 90.3 Å². The number of ether oxygens (including phenoxy) is 1. The van der Waals surface area contributed by atoms with E-state index in [0.717, 1.165) is 24.5 Å². The van der Waals surface area contributed by atoms with Gasteiger partial charge in [0, 0.05) is 36.1 Å². The van der Waals surface area contributed by atoms with Crippen molar-refractivity contribution in [1.82, 2.24) is 9.80 Å². The summed E-state index contributed by atoms with van der Waals surface area (Å²) < 4.78 is 5.36. The maximum absolute atomic E-state index is 13.0. The molecule has 164 valence electrons. The van der Waals surface area contributed by atoms with Crippen molar-refractivity contribution in [2.45, 2.75) is 12.5 Å². The number of halogens is 1. The standard InChI is InChI=1S/C22H23ClN2O5S/c23-14-4-5-16(26)15(13-14)20(27)18-19(17-3-1-12-31-17)25(22(29)21(18)28)7-2-6-24-8-10-30-11-9-24/h1,3-5,12-13,19,26-27H,2,6-11H2. The number of phenols is 1. The van der Waals surface area contributed by atoms with Crippen molar-refractivity contribution in [3.63, 3.8) is 0 Å². The predicted octanol–water partition coefficient (Wildman–Crippen LogP) is 3.25. The van der Waals surface area contributed by atoms with E-state index in [2.05, 4.69) is 4.90 Å². The molecule has 2 aliphatic rings. The van der Waals surface area contributed by atoms with E-state index >= 15 is 0 Å². The summed E-state index contributed by atoms with van der Waals surface area (Å²) in [5, 5.41) is 23.3. The van der Waals surface area contributed by atoms with Gasteiger partial charge in [-0.3, -0.25) is 14.5 Å². The zero-order valence-corrected chi connectivity index (χ0v) is 18.4. The molecule has 2 saturated heterocycles. The summed E-state index contributed by atoms with van der Waals surface area (Å²) in [6, 6.07) is 7.17. The number of hydrogen-bond acceptors (Lipinski definition) is 7. The van der Waals surface area contributed by atoms with E-state index in [9.17, 15) is 19.8 Å². The van der Waals surface area contributed by atoms with Gasteiger partial charge in [-0.1, -0.05) is 17.7 Å². The molecule has 1 atom stereocenters. The fourth-order valence-corrected chi connectivity index (χ4v) is 5.00. The molecule has 0 radical (unpaired) electrons. The quantitative estimate of drug-likeness (QED) is 0.389. The van der Waals surface area contributed by atoms with Gasteiger partial charge in [0.05, 0.1) is 30.4 Å².